The first kappa shape index (κ1) is 17.9. The Balaban J connectivity index is 0.00000176. The highest BCUT2D eigenvalue weighted by molar-refractivity contribution is 6.36. The lowest BCUT2D eigenvalue weighted by atomic mass is 9.91. The number of nitrogens with zero attached hydrogens (tertiary/aromatic N) is 1. The second-order valence-electron chi connectivity index (χ2n) is 6.26. The number of carbonyl (C=O) groups excluding carboxylic acids is 1. The summed E-state index contributed by atoms with van der Waals surface area (Å²) in [5, 5.41) is 4.60. The third kappa shape index (κ3) is 3.38. The molecule has 3 nitrogen and oxygen atoms in total. The SMILES string of the molecule is CN(Cc1c(Cl)cccc1Cl)C(=O)C1CC12CCNCC2.Cl. The number of nitrogens with one attached hydrogen (secondary N) is 1. The molecule has 1 unspecified atom stereocenters. The molecule has 0 aromatic heterocycles. The van der Waals surface area contributed by atoms with Crippen molar-refractivity contribution in [3.05, 3.63) is 33.8 Å². The normalized spacial score (nSPS) is 22.0. The second-order valence-corrected chi connectivity index (χ2v) is 7.08. The van der Waals surface area contributed by atoms with E-state index in [9.17, 15) is 4.79 Å². The van der Waals surface area contributed by atoms with Crippen LogP contribution in [-0.4, -0.2) is 30.9 Å². The van der Waals surface area contributed by atoms with Crippen molar-refractivity contribution in [3.63, 3.8) is 0 Å². The Bertz CT molecular complexity index is 538. The minimum absolute atomic E-state index is 0. The molecule has 1 aromatic rings. The van der Waals surface area contributed by atoms with Crippen LogP contribution in [0.1, 0.15) is 24.8 Å². The molecule has 1 atom stereocenters. The van der Waals surface area contributed by atoms with Gasteiger partial charge in [0.05, 0.1) is 0 Å². The van der Waals surface area contributed by atoms with Gasteiger partial charge in [0, 0.05) is 35.1 Å². The standard InChI is InChI=1S/C16H20Cl2N2O.ClH/c1-20(10-11-13(17)3-2-4-14(11)18)15(21)12-9-16(12)5-7-19-8-6-16;/h2-4,12,19H,5-10H2,1H3;1H. The maximum atomic E-state index is 12.6. The van der Waals surface area contributed by atoms with Gasteiger partial charge in [0.15, 0.2) is 0 Å². The summed E-state index contributed by atoms with van der Waals surface area (Å²) in [5.74, 6) is 0.416. The summed E-state index contributed by atoms with van der Waals surface area (Å²) in [5.41, 5.74) is 1.10. The molecule has 22 heavy (non-hydrogen) atoms. The zero-order valence-electron chi connectivity index (χ0n) is 12.6. The van der Waals surface area contributed by atoms with Gasteiger partial charge in [-0.3, -0.25) is 4.79 Å². The van der Waals surface area contributed by atoms with Crippen LogP contribution in [0, 0.1) is 11.3 Å². The molecule has 1 heterocycles. The Hall–Kier alpha value is -0.480. The van der Waals surface area contributed by atoms with E-state index in [1.54, 1.807) is 4.90 Å². The van der Waals surface area contributed by atoms with Crippen LogP contribution in [0.2, 0.25) is 10.0 Å². The van der Waals surface area contributed by atoms with E-state index >= 15 is 0 Å². The van der Waals surface area contributed by atoms with Gasteiger partial charge in [0.2, 0.25) is 5.91 Å². The van der Waals surface area contributed by atoms with Gasteiger partial charge < -0.3 is 10.2 Å². The molecule has 1 amide bonds. The van der Waals surface area contributed by atoms with Crippen LogP contribution in [0.5, 0.6) is 0 Å². The maximum Gasteiger partial charge on any atom is 0.226 e. The molecule has 0 radical (unpaired) electrons. The van der Waals surface area contributed by atoms with Crippen molar-refractivity contribution < 1.29 is 4.79 Å². The number of piperidine rings is 1. The topological polar surface area (TPSA) is 32.3 Å². The number of carbonyl (C=O) groups is 1. The van der Waals surface area contributed by atoms with Gasteiger partial charge in [-0.2, -0.15) is 0 Å². The van der Waals surface area contributed by atoms with Crippen molar-refractivity contribution in [2.45, 2.75) is 25.8 Å². The molecule has 2 aliphatic rings. The molecule has 1 aliphatic carbocycles. The Morgan fingerprint density at radius 2 is 1.91 bits per heavy atom. The van der Waals surface area contributed by atoms with Crippen molar-refractivity contribution in [2.24, 2.45) is 11.3 Å². The van der Waals surface area contributed by atoms with Gasteiger partial charge in [-0.1, -0.05) is 29.3 Å². The molecule has 2 fully saturated rings. The molecule has 1 spiro atoms. The van der Waals surface area contributed by atoms with E-state index in [1.165, 1.54) is 0 Å². The Labute approximate surface area is 147 Å². The maximum absolute atomic E-state index is 12.6. The first-order valence-corrected chi connectivity index (χ1v) is 8.18. The van der Waals surface area contributed by atoms with Crippen LogP contribution >= 0.6 is 35.6 Å². The number of amides is 1. The lowest BCUT2D eigenvalue weighted by Gasteiger charge is -2.25. The lowest BCUT2D eigenvalue weighted by molar-refractivity contribution is -0.132. The van der Waals surface area contributed by atoms with Crippen LogP contribution in [-0.2, 0) is 11.3 Å². The minimum atomic E-state index is 0. The summed E-state index contributed by atoms with van der Waals surface area (Å²) in [6.45, 7) is 2.54. The fraction of sp³-hybridized carbons (Fsp3) is 0.562. The smallest absolute Gasteiger partial charge is 0.226 e. The molecule has 3 rings (SSSR count). The number of halogens is 3. The molecule has 1 saturated carbocycles. The number of rotatable bonds is 3. The molecule has 1 aliphatic heterocycles. The predicted molar refractivity (Wildman–Crippen MR) is 92.8 cm³/mol. The van der Waals surface area contributed by atoms with E-state index in [0.717, 1.165) is 37.9 Å². The molecule has 1 saturated heterocycles. The van der Waals surface area contributed by atoms with Gasteiger partial charge in [0.25, 0.3) is 0 Å². The number of benzene rings is 1. The third-order valence-corrected chi connectivity index (χ3v) is 5.63. The number of hydrogen-bond acceptors (Lipinski definition) is 2. The van der Waals surface area contributed by atoms with E-state index in [4.69, 9.17) is 23.2 Å². The monoisotopic (exact) mass is 362 g/mol. The first-order chi connectivity index (χ1) is 10.0. The highest BCUT2D eigenvalue weighted by Crippen LogP contribution is 2.59. The predicted octanol–water partition coefficient (Wildman–Crippen LogP) is 3.76. The average Bonchev–Trinajstić information content (AvgIpc) is 3.16. The Morgan fingerprint density at radius 1 is 1.32 bits per heavy atom. The summed E-state index contributed by atoms with van der Waals surface area (Å²) in [6.07, 6.45) is 3.27. The van der Waals surface area contributed by atoms with E-state index in [0.29, 0.717) is 16.6 Å². The molecule has 6 heteroatoms. The summed E-state index contributed by atoms with van der Waals surface area (Å²) in [7, 11) is 1.84. The van der Waals surface area contributed by atoms with E-state index in [1.807, 2.05) is 25.2 Å². The van der Waals surface area contributed by atoms with Crippen LogP contribution < -0.4 is 5.32 Å². The van der Waals surface area contributed by atoms with E-state index < -0.39 is 0 Å². The third-order valence-electron chi connectivity index (χ3n) is 4.92. The summed E-state index contributed by atoms with van der Waals surface area (Å²) in [4.78, 5) is 14.4. The second kappa shape index (κ2) is 6.96. The molecule has 0 bridgehead atoms. The first-order valence-electron chi connectivity index (χ1n) is 7.42. The highest BCUT2D eigenvalue weighted by Gasteiger charge is 2.58. The van der Waals surface area contributed by atoms with Crippen molar-refractivity contribution in [1.82, 2.24) is 10.2 Å². The van der Waals surface area contributed by atoms with Crippen LogP contribution in [0.25, 0.3) is 0 Å². The summed E-state index contributed by atoms with van der Waals surface area (Å²) >= 11 is 12.4. The van der Waals surface area contributed by atoms with Crippen LogP contribution in [0.15, 0.2) is 18.2 Å². The van der Waals surface area contributed by atoms with Crippen molar-refractivity contribution in [2.75, 3.05) is 20.1 Å². The largest absolute Gasteiger partial charge is 0.341 e. The minimum Gasteiger partial charge on any atom is -0.341 e. The van der Waals surface area contributed by atoms with Gasteiger partial charge in [-0.15, -0.1) is 12.4 Å². The molecule has 1 N–H and O–H groups in total. The quantitative estimate of drug-likeness (QED) is 0.886. The van der Waals surface area contributed by atoms with Gasteiger partial charge in [0.1, 0.15) is 0 Å². The zero-order valence-corrected chi connectivity index (χ0v) is 14.9. The molecular formula is C16H21Cl3N2O. The fourth-order valence-electron chi connectivity index (χ4n) is 3.44. The highest BCUT2D eigenvalue weighted by atomic mass is 35.5. The summed E-state index contributed by atoms with van der Waals surface area (Å²) in [6, 6.07) is 5.44. The van der Waals surface area contributed by atoms with Crippen molar-refractivity contribution in [3.8, 4) is 0 Å². The van der Waals surface area contributed by atoms with E-state index in [-0.39, 0.29) is 29.6 Å². The Kier molecular flexibility index (Phi) is 5.65. The van der Waals surface area contributed by atoms with Crippen molar-refractivity contribution in [1.29, 1.82) is 0 Å². The fourth-order valence-corrected chi connectivity index (χ4v) is 3.96. The molecule has 1 aromatic carbocycles. The summed E-state index contributed by atoms with van der Waals surface area (Å²) < 4.78 is 0. The van der Waals surface area contributed by atoms with E-state index in [2.05, 4.69) is 5.32 Å². The molecule has 122 valence electrons. The van der Waals surface area contributed by atoms with Gasteiger partial charge in [-0.05, 0) is 49.9 Å². The van der Waals surface area contributed by atoms with Crippen LogP contribution in [0.3, 0.4) is 0 Å². The number of hydrogen-bond donors (Lipinski definition) is 1. The Morgan fingerprint density at radius 3 is 2.50 bits per heavy atom. The van der Waals surface area contributed by atoms with Gasteiger partial charge in [-0.25, -0.2) is 0 Å². The van der Waals surface area contributed by atoms with Crippen molar-refractivity contribution >= 4 is 41.5 Å². The van der Waals surface area contributed by atoms with Gasteiger partial charge >= 0.3 is 0 Å². The lowest BCUT2D eigenvalue weighted by Crippen LogP contribution is -2.34. The average molecular weight is 364 g/mol. The van der Waals surface area contributed by atoms with Crippen LogP contribution in [0.4, 0.5) is 0 Å². The molecular weight excluding hydrogens is 343 g/mol. The zero-order chi connectivity index (χ0) is 15.0.